The van der Waals surface area contributed by atoms with Crippen LogP contribution in [0.5, 0.6) is 11.5 Å². The lowest BCUT2D eigenvalue weighted by Gasteiger charge is -2.32. The van der Waals surface area contributed by atoms with E-state index < -0.39 is 24.1 Å². The Morgan fingerprint density at radius 1 is 1.00 bits per heavy atom. The summed E-state index contributed by atoms with van der Waals surface area (Å²) in [4.78, 5) is 0. The third kappa shape index (κ3) is 2.38. The molecule has 1 aliphatic rings. The highest BCUT2D eigenvalue weighted by Gasteiger charge is 2.52. The molecule has 1 fully saturated rings. The zero-order valence-corrected chi connectivity index (χ0v) is 12.7. The third-order valence-corrected chi connectivity index (χ3v) is 3.98. The van der Waals surface area contributed by atoms with Crippen LogP contribution < -0.4 is 14.9 Å². The first-order valence-electron chi connectivity index (χ1n) is 6.49. The van der Waals surface area contributed by atoms with Crippen molar-refractivity contribution in [2.75, 3.05) is 14.2 Å². The minimum atomic E-state index is -0.630. The lowest BCUT2D eigenvalue weighted by Crippen LogP contribution is -2.41. The van der Waals surface area contributed by atoms with E-state index in [-0.39, 0.29) is 5.75 Å². The predicted octanol–water partition coefficient (Wildman–Crippen LogP) is 2.14. The van der Waals surface area contributed by atoms with Crippen LogP contribution in [0, 0.1) is 5.82 Å². The average Bonchev–Trinajstić information content (AvgIpc) is 2.57. The van der Waals surface area contributed by atoms with Gasteiger partial charge in [0, 0.05) is 0 Å². The molecule has 0 bridgehead atoms. The summed E-state index contributed by atoms with van der Waals surface area (Å²) < 4.78 is 35.9. The van der Waals surface area contributed by atoms with Crippen molar-refractivity contribution in [1.82, 2.24) is 0 Å². The molecule has 6 heteroatoms. The number of ether oxygens (including phenoxy) is 2. The lowest BCUT2D eigenvalue weighted by molar-refractivity contribution is 0.00578. The van der Waals surface area contributed by atoms with Gasteiger partial charge < -0.3 is 18.8 Å². The Morgan fingerprint density at radius 3 is 2.00 bits per heavy atom. The maximum absolute atomic E-state index is 14.0. The summed E-state index contributed by atoms with van der Waals surface area (Å²) >= 11 is 0. The van der Waals surface area contributed by atoms with Gasteiger partial charge >= 0.3 is 7.12 Å². The smallest absolute Gasteiger partial charge is 0.493 e. The SMILES string of the molecule is COc1cc(B2OC(C)(C)C(C)(C)O2)cc(F)c1OC. The van der Waals surface area contributed by atoms with E-state index in [1.54, 1.807) is 6.07 Å². The van der Waals surface area contributed by atoms with Crippen LogP contribution in [0.25, 0.3) is 0 Å². The van der Waals surface area contributed by atoms with Gasteiger partial charge in [0.15, 0.2) is 17.3 Å². The maximum Gasteiger partial charge on any atom is 0.495 e. The highest BCUT2D eigenvalue weighted by atomic mass is 19.1. The second-order valence-electron chi connectivity index (χ2n) is 5.83. The first-order chi connectivity index (χ1) is 9.21. The van der Waals surface area contributed by atoms with Crippen LogP contribution in [0.3, 0.4) is 0 Å². The van der Waals surface area contributed by atoms with E-state index in [2.05, 4.69) is 0 Å². The van der Waals surface area contributed by atoms with Crippen LogP contribution in [-0.2, 0) is 9.31 Å². The largest absolute Gasteiger partial charge is 0.495 e. The monoisotopic (exact) mass is 282 g/mol. The number of rotatable bonds is 3. The molecule has 4 nitrogen and oxygen atoms in total. The van der Waals surface area contributed by atoms with Gasteiger partial charge in [-0.05, 0) is 45.3 Å². The molecule has 0 N–H and O–H groups in total. The zero-order valence-electron chi connectivity index (χ0n) is 12.7. The first-order valence-corrected chi connectivity index (χ1v) is 6.49. The fraction of sp³-hybridized carbons (Fsp3) is 0.571. The van der Waals surface area contributed by atoms with E-state index in [4.69, 9.17) is 18.8 Å². The summed E-state index contributed by atoms with van der Waals surface area (Å²) in [6.45, 7) is 7.79. The van der Waals surface area contributed by atoms with Gasteiger partial charge in [-0.3, -0.25) is 0 Å². The molecular weight excluding hydrogens is 262 g/mol. The predicted molar refractivity (Wildman–Crippen MR) is 75.2 cm³/mol. The molecule has 1 aliphatic heterocycles. The summed E-state index contributed by atoms with van der Waals surface area (Å²) in [6, 6.07) is 3.02. The average molecular weight is 282 g/mol. The van der Waals surface area contributed by atoms with Gasteiger partial charge in [-0.1, -0.05) is 0 Å². The Labute approximate surface area is 119 Å². The van der Waals surface area contributed by atoms with Gasteiger partial charge in [0.25, 0.3) is 0 Å². The van der Waals surface area contributed by atoms with Crippen molar-refractivity contribution in [2.24, 2.45) is 0 Å². The van der Waals surface area contributed by atoms with Crippen molar-refractivity contribution in [1.29, 1.82) is 0 Å². The van der Waals surface area contributed by atoms with Crippen molar-refractivity contribution in [3.8, 4) is 11.5 Å². The van der Waals surface area contributed by atoms with Crippen LogP contribution in [0.15, 0.2) is 12.1 Å². The first kappa shape index (κ1) is 15.1. The van der Waals surface area contributed by atoms with Gasteiger partial charge in [0.05, 0.1) is 25.4 Å². The molecule has 1 aromatic rings. The van der Waals surface area contributed by atoms with E-state index in [1.807, 2.05) is 27.7 Å². The summed E-state index contributed by atoms with van der Waals surface area (Å²) in [6.07, 6.45) is 0. The molecule has 0 aliphatic carbocycles. The molecule has 0 amide bonds. The summed E-state index contributed by atoms with van der Waals surface area (Å²) in [5, 5.41) is 0. The number of halogens is 1. The minimum Gasteiger partial charge on any atom is -0.493 e. The van der Waals surface area contributed by atoms with Crippen molar-refractivity contribution in [2.45, 2.75) is 38.9 Å². The number of benzene rings is 1. The zero-order chi connectivity index (χ0) is 15.1. The van der Waals surface area contributed by atoms with Crippen LogP contribution in [0.1, 0.15) is 27.7 Å². The number of hydrogen-bond donors (Lipinski definition) is 0. The molecule has 1 aromatic carbocycles. The third-order valence-electron chi connectivity index (χ3n) is 3.98. The van der Waals surface area contributed by atoms with Gasteiger partial charge in [-0.15, -0.1) is 0 Å². The molecule has 1 saturated heterocycles. The quantitative estimate of drug-likeness (QED) is 0.796. The molecular formula is C14H20BFO4. The molecule has 0 saturated carbocycles. The summed E-state index contributed by atoms with van der Waals surface area (Å²) in [5.74, 6) is -0.110. The molecule has 110 valence electrons. The Kier molecular flexibility index (Phi) is 3.73. The number of hydrogen-bond acceptors (Lipinski definition) is 4. The molecule has 2 rings (SSSR count). The van der Waals surface area contributed by atoms with Crippen LogP contribution >= 0.6 is 0 Å². The molecule has 0 radical (unpaired) electrons. The van der Waals surface area contributed by atoms with Crippen molar-refractivity contribution in [3.05, 3.63) is 17.9 Å². The molecule has 0 aromatic heterocycles. The van der Waals surface area contributed by atoms with E-state index in [9.17, 15) is 4.39 Å². The number of methoxy groups -OCH3 is 2. The van der Waals surface area contributed by atoms with E-state index in [0.29, 0.717) is 11.2 Å². The highest BCUT2D eigenvalue weighted by molar-refractivity contribution is 6.62. The Hall–Kier alpha value is -1.27. The van der Waals surface area contributed by atoms with Crippen LogP contribution in [-0.4, -0.2) is 32.5 Å². The fourth-order valence-corrected chi connectivity index (χ4v) is 2.05. The van der Waals surface area contributed by atoms with E-state index >= 15 is 0 Å². The normalized spacial score (nSPS) is 20.1. The summed E-state index contributed by atoms with van der Waals surface area (Å²) in [5.41, 5.74) is -0.374. The lowest BCUT2D eigenvalue weighted by atomic mass is 9.79. The van der Waals surface area contributed by atoms with E-state index in [1.165, 1.54) is 20.3 Å². The second kappa shape index (κ2) is 4.93. The van der Waals surface area contributed by atoms with Crippen molar-refractivity contribution in [3.63, 3.8) is 0 Å². The molecule has 20 heavy (non-hydrogen) atoms. The van der Waals surface area contributed by atoms with Gasteiger partial charge in [-0.2, -0.15) is 0 Å². The molecule has 0 spiro atoms. The van der Waals surface area contributed by atoms with Crippen LogP contribution in [0.4, 0.5) is 4.39 Å². The molecule has 0 atom stereocenters. The van der Waals surface area contributed by atoms with Crippen LogP contribution in [0.2, 0.25) is 0 Å². The van der Waals surface area contributed by atoms with Gasteiger partial charge in [0.2, 0.25) is 0 Å². The maximum atomic E-state index is 14.0. The second-order valence-corrected chi connectivity index (χ2v) is 5.83. The van der Waals surface area contributed by atoms with Gasteiger partial charge in [0.1, 0.15) is 0 Å². The fourth-order valence-electron chi connectivity index (χ4n) is 2.05. The van der Waals surface area contributed by atoms with Crippen molar-refractivity contribution < 1.29 is 23.2 Å². The minimum absolute atomic E-state index is 0.0766. The summed E-state index contributed by atoms with van der Waals surface area (Å²) in [7, 11) is 2.23. The standard InChI is InChI=1S/C14H20BFO4/c1-13(2)14(3,4)20-15(19-13)9-7-10(16)12(18-6)11(8-9)17-5/h7-8H,1-6H3. The Balaban J connectivity index is 2.38. The molecule has 0 unspecified atom stereocenters. The van der Waals surface area contributed by atoms with E-state index in [0.717, 1.165) is 0 Å². The Morgan fingerprint density at radius 2 is 1.55 bits per heavy atom. The van der Waals surface area contributed by atoms with Gasteiger partial charge in [-0.25, -0.2) is 4.39 Å². The Bertz CT molecular complexity index is 500. The van der Waals surface area contributed by atoms with Crippen molar-refractivity contribution >= 4 is 12.6 Å². The topological polar surface area (TPSA) is 36.9 Å². The molecule has 1 heterocycles. The highest BCUT2D eigenvalue weighted by Crippen LogP contribution is 2.37.